The lowest BCUT2D eigenvalue weighted by atomic mass is 9.92. The standard InChI is InChI=1S/C18H13F5N2O3/c1-17(11-4-7-13(19)14(20)8-11)15(26)25(16(27)24-17)9-10-2-5-12(6-3-10)28-18(21,22)23/h2-8H,9H2,1H3,(H,24,27). The summed E-state index contributed by atoms with van der Waals surface area (Å²) >= 11 is 0. The third-order valence-electron chi connectivity index (χ3n) is 4.27. The fraction of sp³-hybridized carbons (Fsp3) is 0.222. The maximum atomic E-state index is 13.5. The maximum Gasteiger partial charge on any atom is 0.573 e. The Morgan fingerprint density at radius 3 is 2.25 bits per heavy atom. The number of imide groups is 1. The van der Waals surface area contributed by atoms with E-state index in [1.54, 1.807) is 0 Å². The van der Waals surface area contributed by atoms with Gasteiger partial charge in [-0.25, -0.2) is 13.6 Å². The number of rotatable bonds is 4. The molecule has 0 radical (unpaired) electrons. The minimum atomic E-state index is -4.83. The van der Waals surface area contributed by atoms with Crippen LogP contribution in [-0.4, -0.2) is 23.2 Å². The number of alkyl halides is 3. The summed E-state index contributed by atoms with van der Waals surface area (Å²) in [5.41, 5.74) is -1.18. The average molecular weight is 400 g/mol. The molecule has 1 aliphatic rings. The Morgan fingerprint density at radius 2 is 1.68 bits per heavy atom. The number of hydrogen-bond acceptors (Lipinski definition) is 3. The molecule has 0 saturated carbocycles. The van der Waals surface area contributed by atoms with Crippen LogP contribution in [0.2, 0.25) is 0 Å². The van der Waals surface area contributed by atoms with Gasteiger partial charge in [0.15, 0.2) is 11.6 Å². The molecule has 2 aromatic carbocycles. The molecule has 28 heavy (non-hydrogen) atoms. The predicted molar refractivity (Wildman–Crippen MR) is 85.9 cm³/mol. The van der Waals surface area contributed by atoms with Crippen LogP contribution < -0.4 is 10.1 Å². The molecule has 1 heterocycles. The van der Waals surface area contributed by atoms with Crippen molar-refractivity contribution in [2.45, 2.75) is 25.4 Å². The first kappa shape index (κ1) is 19.6. The van der Waals surface area contributed by atoms with Gasteiger partial charge in [-0.3, -0.25) is 9.69 Å². The molecule has 1 atom stereocenters. The van der Waals surface area contributed by atoms with Crippen molar-refractivity contribution in [1.82, 2.24) is 10.2 Å². The maximum absolute atomic E-state index is 13.5. The summed E-state index contributed by atoms with van der Waals surface area (Å²) in [6.07, 6.45) is -4.83. The topological polar surface area (TPSA) is 58.6 Å². The summed E-state index contributed by atoms with van der Waals surface area (Å²) in [6, 6.07) is 6.73. The molecule has 1 unspecified atom stereocenters. The zero-order chi connectivity index (χ0) is 20.7. The van der Waals surface area contributed by atoms with Crippen molar-refractivity contribution in [3.05, 3.63) is 65.2 Å². The van der Waals surface area contributed by atoms with E-state index in [4.69, 9.17) is 0 Å². The van der Waals surface area contributed by atoms with Crippen molar-refractivity contribution >= 4 is 11.9 Å². The molecule has 0 aliphatic carbocycles. The fourth-order valence-electron chi connectivity index (χ4n) is 2.82. The smallest absolute Gasteiger partial charge is 0.406 e. The monoisotopic (exact) mass is 400 g/mol. The van der Waals surface area contributed by atoms with Crippen LogP contribution in [0.5, 0.6) is 5.75 Å². The second kappa shape index (κ2) is 6.77. The van der Waals surface area contributed by atoms with Gasteiger partial charge in [-0.15, -0.1) is 13.2 Å². The molecule has 0 bridgehead atoms. The third kappa shape index (κ3) is 3.75. The highest BCUT2D eigenvalue weighted by Crippen LogP contribution is 2.31. The molecule has 1 N–H and O–H groups in total. The van der Waals surface area contributed by atoms with Crippen molar-refractivity contribution in [3.8, 4) is 5.75 Å². The van der Waals surface area contributed by atoms with E-state index >= 15 is 0 Å². The van der Waals surface area contributed by atoms with Crippen molar-refractivity contribution < 1.29 is 36.3 Å². The van der Waals surface area contributed by atoms with E-state index in [1.165, 1.54) is 25.1 Å². The first-order valence-corrected chi connectivity index (χ1v) is 7.94. The van der Waals surface area contributed by atoms with E-state index in [0.717, 1.165) is 29.2 Å². The summed E-state index contributed by atoms with van der Waals surface area (Å²) < 4.78 is 67.0. The van der Waals surface area contributed by atoms with Crippen LogP contribution in [0.15, 0.2) is 42.5 Å². The van der Waals surface area contributed by atoms with Crippen molar-refractivity contribution in [2.75, 3.05) is 0 Å². The lowest BCUT2D eigenvalue weighted by molar-refractivity contribution is -0.274. The minimum Gasteiger partial charge on any atom is -0.406 e. The first-order chi connectivity index (χ1) is 13.0. The van der Waals surface area contributed by atoms with Gasteiger partial charge in [-0.05, 0) is 42.3 Å². The van der Waals surface area contributed by atoms with Gasteiger partial charge in [-0.1, -0.05) is 18.2 Å². The van der Waals surface area contributed by atoms with Crippen LogP contribution in [0.3, 0.4) is 0 Å². The normalized spacial score (nSPS) is 19.7. The molecular formula is C18H13F5N2O3. The van der Waals surface area contributed by atoms with Crippen molar-refractivity contribution in [3.63, 3.8) is 0 Å². The van der Waals surface area contributed by atoms with Gasteiger partial charge in [-0.2, -0.15) is 0 Å². The Labute approximate surface area is 155 Å². The Balaban J connectivity index is 1.79. The van der Waals surface area contributed by atoms with Gasteiger partial charge < -0.3 is 10.1 Å². The number of nitrogens with one attached hydrogen (secondary N) is 1. The van der Waals surface area contributed by atoms with Gasteiger partial charge in [0.05, 0.1) is 6.54 Å². The SMILES string of the molecule is CC1(c2ccc(F)c(F)c2)NC(=O)N(Cc2ccc(OC(F)(F)F)cc2)C1=O. The van der Waals surface area contributed by atoms with Gasteiger partial charge in [0.1, 0.15) is 11.3 Å². The van der Waals surface area contributed by atoms with Gasteiger partial charge in [0.2, 0.25) is 0 Å². The Kier molecular flexibility index (Phi) is 4.74. The average Bonchev–Trinajstić information content (AvgIpc) is 2.82. The predicted octanol–water partition coefficient (Wildman–Crippen LogP) is 3.83. The van der Waals surface area contributed by atoms with E-state index in [2.05, 4.69) is 10.1 Å². The lowest BCUT2D eigenvalue weighted by Gasteiger charge is -2.22. The minimum absolute atomic E-state index is 0.0566. The molecule has 148 valence electrons. The second-order valence-corrected chi connectivity index (χ2v) is 6.27. The number of ether oxygens (including phenoxy) is 1. The summed E-state index contributed by atoms with van der Waals surface area (Å²) in [5, 5.41) is 2.43. The van der Waals surface area contributed by atoms with Crippen LogP contribution in [0.25, 0.3) is 0 Å². The summed E-state index contributed by atoms with van der Waals surface area (Å²) in [6.45, 7) is 1.12. The second-order valence-electron chi connectivity index (χ2n) is 6.27. The van der Waals surface area contributed by atoms with Gasteiger partial charge >= 0.3 is 12.4 Å². The quantitative estimate of drug-likeness (QED) is 0.627. The molecule has 5 nitrogen and oxygen atoms in total. The Hall–Kier alpha value is -3.17. The van der Waals surface area contributed by atoms with Crippen LogP contribution in [0.4, 0.5) is 26.7 Å². The van der Waals surface area contributed by atoms with E-state index < -0.39 is 41.2 Å². The summed E-state index contributed by atoms with van der Waals surface area (Å²) in [7, 11) is 0. The molecule has 10 heteroatoms. The Bertz CT molecular complexity index is 930. The highest BCUT2D eigenvalue weighted by atomic mass is 19.4. The molecule has 0 aromatic heterocycles. The third-order valence-corrected chi connectivity index (χ3v) is 4.27. The van der Waals surface area contributed by atoms with Crippen LogP contribution >= 0.6 is 0 Å². The summed E-state index contributed by atoms with van der Waals surface area (Å²) in [5.74, 6) is -3.42. The highest BCUT2D eigenvalue weighted by molar-refractivity contribution is 6.07. The number of benzene rings is 2. The van der Waals surface area contributed by atoms with Crippen molar-refractivity contribution in [1.29, 1.82) is 0 Å². The number of nitrogens with zero attached hydrogens (tertiary/aromatic N) is 1. The number of halogens is 5. The molecule has 1 aliphatic heterocycles. The molecule has 3 amide bonds. The number of carbonyl (C=O) groups excluding carboxylic acids is 2. The Morgan fingerprint density at radius 1 is 1.04 bits per heavy atom. The van der Waals surface area contributed by atoms with Crippen LogP contribution in [0, 0.1) is 11.6 Å². The van der Waals surface area contributed by atoms with Crippen LogP contribution in [0.1, 0.15) is 18.1 Å². The van der Waals surface area contributed by atoms with Gasteiger partial charge in [0.25, 0.3) is 5.91 Å². The van der Waals surface area contributed by atoms with Crippen LogP contribution in [-0.2, 0) is 16.9 Å². The van der Waals surface area contributed by atoms with Crippen molar-refractivity contribution in [2.24, 2.45) is 0 Å². The molecule has 3 rings (SSSR count). The number of carbonyl (C=O) groups is 2. The van der Waals surface area contributed by atoms with E-state index in [9.17, 15) is 31.5 Å². The zero-order valence-electron chi connectivity index (χ0n) is 14.3. The highest BCUT2D eigenvalue weighted by Gasteiger charge is 2.49. The molecular weight excluding hydrogens is 387 g/mol. The summed E-state index contributed by atoms with van der Waals surface area (Å²) in [4.78, 5) is 25.8. The number of hydrogen-bond donors (Lipinski definition) is 1. The number of amides is 3. The van der Waals surface area contributed by atoms with E-state index in [-0.39, 0.29) is 12.1 Å². The van der Waals surface area contributed by atoms with E-state index in [1.807, 2.05) is 0 Å². The molecule has 1 saturated heterocycles. The van der Waals surface area contributed by atoms with E-state index in [0.29, 0.717) is 5.56 Å². The molecule has 0 spiro atoms. The first-order valence-electron chi connectivity index (χ1n) is 7.94. The lowest BCUT2D eigenvalue weighted by Crippen LogP contribution is -2.41. The molecule has 1 fully saturated rings. The zero-order valence-corrected chi connectivity index (χ0v) is 14.3. The largest absolute Gasteiger partial charge is 0.573 e. The number of urea groups is 1. The van der Waals surface area contributed by atoms with Gasteiger partial charge in [0, 0.05) is 0 Å². The molecule has 2 aromatic rings. The fourth-order valence-corrected chi connectivity index (χ4v) is 2.82.